The smallest absolute Gasteiger partial charge is 0.337 e. The zero-order valence-electron chi connectivity index (χ0n) is 6.67. The Morgan fingerprint density at radius 1 is 1.64 bits per heavy atom. The van der Waals surface area contributed by atoms with Gasteiger partial charge in [0.25, 0.3) is 6.43 Å². The lowest BCUT2D eigenvalue weighted by molar-refractivity contribution is 0.0684. The third-order valence-electron chi connectivity index (χ3n) is 1.56. The molecule has 14 heavy (non-hydrogen) atoms. The van der Waals surface area contributed by atoms with E-state index in [9.17, 15) is 13.6 Å². The van der Waals surface area contributed by atoms with E-state index < -0.39 is 23.5 Å². The molecule has 0 aliphatic rings. The first-order valence-electron chi connectivity index (χ1n) is 3.40. The molecule has 0 bridgehead atoms. The van der Waals surface area contributed by atoms with Gasteiger partial charge in [-0.1, -0.05) is 0 Å². The predicted octanol–water partition coefficient (Wildman–Crippen LogP) is 1.90. The van der Waals surface area contributed by atoms with Crippen molar-refractivity contribution >= 4 is 34.2 Å². The lowest BCUT2D eigenvalue weighted by Gasteiger charge is -2.08. The number of anilines is 1. The molecular formula is C7H5F2IN2O2. The zero-order chi connectivity index (χ0) is 10.9. The number of rotatable bonds is 2. The van der Waals surface area contributed by atoms with Gasteiger partial charge >= 0.3 is 5.97 Å². The number of pyridine rings is 1. The van der Waals surface area contributed by atoms with E-state index in [4.69, 9.17) is 10.8 Å². The van der Waals surface area contributed by atoms with Crippen molar-refractivity contribution in [2.24, 2.45) is 0 Å². The quantitative estimate of drug-likeness (QED) is 0.646. The molecule has 7 heteroatoms. The first-order chi connectivity index (χ1) is 6.45. The van der Waals surface area contributed by atoms with Crippen LogP contribution in [-0.4, -0.2) is 16.1 Å². The molecule has 0 saturated carbocycles. The van der Waals surface area contributed by atoms with Gasteiger partial charge in [-0.05, 0) is 22.6 Å². The number of halogens is 3. The Balaban J connectivity index is 3.45. The molecule has 1 aromatic heterocycles. The van der Waals surface area contributed by atoms with Gasteiger partial charge in [0.15, 0.2) is 0 Å². The largest absolute Gasteiger partial charge is 0.478 e. The summed E-state index contributed by atoms with van der Waals surface area (Å²) >= 11 is 1.66. The van der Waals surface area contributed by atoms with Gasteiger partial charge in [0.1, 0.15) is 3.70 Å². The third kappa shape index (κ3) is 1.91. The summed E-state index contributed by atoms with van der Waals surface area (Å²) in [5, 5.41) is 8.60. The average Bonchev–Trinajstić information content (AvgIpc) is 2.08. The standard InChI is InChI=1S/C7H5F2IN2O2/c8-5(9)3-2(7(13)14)1-12-6(10)4(3)11/h1,5H,11H2,(H,13,14). The van der Waals surface area contributed by atoms with Crippen molar-refractivity contribution in [3.8, 4) is 0 Å². The van der Waals surface area contributed by atoms with E-state index in [1.807, 2.05) is 0 Å². The molecule has 0 spiro atoms. The number of alkyl halides is 2. The predicted molar refractivity (Wildman–Crippen MR) is 53.3 cm³/mol. The van der Waals surface area contributed by atoms with Crippen molar-refractivity contribution < 1.29 is 18.7 Å². The summed E-state index contributed by atoms with van der Waals surface area (Å²) < 4.78 is 25.1. The van der Waals surface area contributed by atoms with Crippen molar-refractivity contribution in [2.75, 3.05) is 5.73 Å². The Morgan fingerprint density at radius 2 is 2.21 bits per heavy atom. The second-order valence-electron chi connectivity index (χ2n) is 2.40. The van der Waals surface area contributed by atoms with Crippen LogP contribution >= 0.6 is 22.6 Å². The van der Waals surface area contributed by atoms with Crippen molar-refractivity contribution in [1.82, 2.24) is 4.98 Å². The molecular weight excluding hydrogens is 309 g/mol. The molecule has 0 aliphatic heterocycles. The van der Waals surface area contributed by atoms with E-state index in [1.54, 1.807) is 22.6 Å². The number of carboxylic acid groups (broad SMARTS) is 1. The van der Waals surface area contributed by atoms with E-state index in [0.29, 0.717) is 0 Å². The topological polar surface area (TPSA) is 76.2 Å². The minimum absolute atomic E-state index is 0.169. The number of nitrogens with zero attached hydrogens (tertiary/aromatic N) is 1. The molecule has 0 atom stereocenters. The van der Waals surface area contributed by atoms with E-state index in [-0.39, 0.29) is 9.39 Å². The molecule has 76 valence electrons. The van der Waals surface area contributed by atoms with Crippen LogP contribution in [0.15, 0.2) is 6.20 Å². The van der Waals surface area contributed by atoms with Crippen LogP contribution in [0, 0.1) is 3.70 Å². The van der Waals surface area contributed by atoms with E-state index >= 15 is 0 Å². The summed E-state index contributed by atoms with van der Waals surface area (Å²) in [5.41, 5.74) is 3.80. The van der Waals surface area contributed by atoms with Crippen molar-refractivity contribution in [3.05, 3.63) is 21.0 Å². The summed E-state index contributed by atoms with van der Waals surface area (Å²) in [6, 6.07) is 0. The van der Waals surface area contributed by atoms with Crippen LogP contribution in [0.5, 0.6) is 0 Å². The number of carbonyl (C=O) groups is 1. The summed E-state index contributed by atoms with van der Waals surface area (Å²) in [4.78, 5) is 14.1. The van der Waals surface area contributed by atoms with E-state index in [0.717, 1.165) is 6.20 Å². The summed E-state index contributed by atoms with van der Waals surface area (Å²) in [6.07, 6.45) is -2.04. The summed E-state index contributed by atoms with van der Waals surface area (Å²) in [7, 11) is 0. The molecule has 1 rings (SSSR count). The van der Waals surface area contributed by atoms with Crippen molar-refractivity contribution in [2.45, 2.75) is 6.43 Å². The van der Waals surface area contributed by atoms with E-state index in [2.05, 4.69) is 4.98 Å². The zero-order valence-corrected chi connectivity index (χ0v) is 8.83. The van der Waals surface area contributed by atoms with Crippen LogP contribution < -0.4 is 5.73 Å². The molecule has 1 aromatic rings. The highest BCUT2D eigenvalue weighted by Crippen LogP contribution is 2.30. The van der Waals surface area contributed by atoms with E-state index in [1.165, 1.54) is 0 Å². The fourth-order valence-electron chi connectivity index (χ4n) is 0.922. The molecule has 0 radical (unpaired) electrons. The van der Waals surface area contributed by atoms with Crippen LogP contribution in [0.1, 0.15) is 22.3 Å². The first-order valence-corrected chi connectivity index (χ1v) is 4.48. The Hall–Kier alpha value is -0.990. The molecule has 0 aliphatic carbocycles. The molecule has 0 amide bonds. The molecule has 3 N–H and O–H groups in total. The SMILES string of the molecule is Nc1c(I)ncc(C(=O)O)c1C(F)F. The number of carboxylic acids is 1. The normalized spacial score (nSPS) is 10.6. The van der Waals surface area contributed by atoms with Crippen LogP contribution in [-0.2, 0) is 0 Å². The molecule has 0 saturated heterocycles. The molecule has 4 nitrogen and oxygen atoms in total. The number of hydrogen-bond donors (Lipinski definition) is 2. The highest BCUT2D eigenvalue weighted by molar-refractivity contribution is 14.1. The van der Waals surface area contributed by atoms with Gasteiger partial charge in [0, 0.05) is 6.20 Å². The molecule has 1 heterocycles. The van der Waals surface area contributed by atoms with Gasteiger partial charge in [-0.2, -0.15) is 0 Å². The highest BCUT2D eigenvalue weighted by atomic mass is 127. The number of aromatic nitrogens is 1. The number of nitrogen functional groups attached to an aromatic ring is 1. The third-order valence-corrected chi connectivity index (χ3v) is 2.42. The fraction of sp³-hybridized carbons (Fsp3) is 0.143. The Bertz CT molecular complexity index is 384. The van der Waals surface area contributed by atoms with Crippen LogP contribution in [0.3, 0.4) is 0 Å². The minimum Gasteiger partial charge on any atom is -0.478 e. The number of aromatic carboxylic acids is 1. The first kappa shape index (κ1) is 11.1. The lowest BCUT2D eigenvalue weighted by Crippen LogP contribution is -2.09. The van der Waals surface area contributed by atoms with Crippen LogP contribution in [0.2, 0.25) is 0 Å². The van der Waals surface area contributed by atoms with Gasteiger partial charge in [0.05, 0.1) is 16.8 Å². The van der Waals surface area contributed by atoms with Gasteiger partial charge in [0.2, 0.25) is 0 Å². The van der Waals surface area contributed by atoms with Gasteiger partial charge < -0.3 is 10.8 Å². The lowest BCUT2D eigenvalue weighted by atomic mass is 10.1. The van der Waals surface area contributed by atoms with Crippen molar-refractivity contribution in [3.63, 3.8) is 0 Å². The Kier molecular flexibility index (Phi) is 3.19. The molecule has 0 aromatic carbocycles. The summed E-state index contributed by atoms with van der Waals surface area (Å²) in [6.45, 7) is 0. The fourth-order valence-corrected chi connectivity index (χ4v) is 1.35. The van der Waals surface area contributed by atoms with Crippen LogP contribution in [0.25, 0.3) is 0 Å². The van der Waals surface area contributed by atoms with Crippen molar-refractivity contribution in [1.29, 1.82) is 0 Å². The minimum atomic E-state index is -2.92. The maximum Gasteiger partial charge on any atom is 0.337 e. The van der Waals surface area contributed by atoms with Gasteiger partial charge in [-0.25, -0.2) is 18.6 Å². The summed E-state index contributed by atoms with van der Waals surface area (Å²) in [5.74, 6) is -1.46. The number of hydrogen-bond acceptors (Lipinski definition) is 3. The highest BCUT2D eigenvalue weighted by Gasteiger charge is 2.23. The second kappa shape index (κ2) is 4.03. The Morgan fingerprint density at radius 3 is 2.64 bits per heavy atom. The number of nitrogens with two attached hydrogens (primary N) is 1. The maximum absolute atomic E-state index is 12.5. The van der Waals surface area contributed by atoms with Gasteiger partial charge in [-0.3, -0.25) is 0 Å². The molecule has 0 fully saturated rings. The Labute approximate surface area is 91.3 Å². The molecule has 0 unspecified atom stereocenters. The monoisotopic (exact) mass is 314 g/mol. The van der Waals surface area contributed by atoms with Gasteiger partial charge in [-0.15, -0.1) is 0 Å². The average molecular weight is 314 g/mol. The maximum atomic E-state index is 12.5. The second-order valence-corrected chi connectivity index (χ2v) is 3.42. The van der Waals surface area contributed by atoms with Crippen LogP contribution in [0.4, 0.5) is 14.5 Å².